The van der Waals surface area contributed by atoms with Crippen molar-refractivity contribution in [2.75, 3.05) is 19.6 Å². The molecule has 144 valence electrons. The third-order valence-corrected chi connectivity index (χ3v) is 5.05. The van der Waals surface area contributed by atoms with E-state index in [1.807, 2.05) is 0 Å². The predicted molar refractivity (Wildman–Crippen MR) is 104 cm³/mol. The van der Waals surface area contributed by atoms with Gasteiger partial charge in [0.2, 0.25) is 0 Å². The van der Waals surface area contributed by atoms with Crippen molar-refractivity contribution in [2.24, 2.45) is 0 Å². The van der Waals surface area contributed by atoms with Crippen molar-refractivity contribution in [2.45, 2.75) is 22.7 Å². The Balaban J connectivity index is 2.14. The van der Waals surface area contributed by atoms with Crippen LogP contribution in [0.1, 0.15) is 0 Å². The molecular weight excluding hydrogens is 448 g/mol. The lowest BCUT2D eigenvalue weighted by atomic mass is 10.3. The Kier molecular flexibility index (Phi) is 8.03. The number of ether oxygens (including phenoxy) is 3. The normalized spacial score (nSPS) is 14.3. The lowest BCUT2D eigenvalue weighted by Crippen LogP contribution is -2.40. The molecule has 2 rings (SSSR count). The zero-order valence-electron chi connectivity index (χ0n) is 13.5. The first-order chi connectivity index (χ1) is 12.3. The summed E-state index contributed by atoms with van der Waals surface area (Å²) in [6.45, 7) is -0.230. The average molecular weight is 463 g/mol. The van der Waals surface area contributed by atoms with Crippen LogP contribution in [0.4, 0.5) is 0 Å². The maximum absolute atomic E-state index is 12.3. The molecule has 11 heteroatoms. The Labute approximate surface area is 173 Å². The van der Waals surface area contributed by atoms with Crippen molar-refractivity contribution in [3.63, 3.8) is 0 Å². The van der Waals surface area contributed by atoms with Crippen LogP contribution in [-0.4, -0.2) is 46.3 Å². The maximum atomic E-state index is 12.3. The third kappa shape index (κ3) is 5.73. The number of carbonyl (C=O) groups is 1. The molecule has 6 nitrogen and oxygen atoms in total. The Morgan fingerprint density at radius 2 is 2.00 bits per heavy atom. The van der Waals surface area contributed by atoms with E-state index in [1.165, 1.54) is 11.7 Å². The van der Waals surface area contributed by atoms with Crippen molar-refractivity contribution in [1.82, 2.24) is 4.57 Å². The number of carbonyl (C=O) groups excluding carboxylic acids is 1. The van der Waals surface area contributed by atoms with Gasteiger partial charge in [0.05, 0.1) is 28.8 Å². The molecule has 0 spiro atoms. The van der Waals surface area contributed by atoms with Crippen molar-refractivity contribution >= 4 is 73.9 Å². The van der Waals surface area contributed by atoms with Gasteiger partial charge in [-0.15, -0.1) is 11.6 Å². The van der Waals surface area contributed by atoms with Gasteiger partial charge in [0.15, 0.2) is 0 Å². The van der Waals surface area contributed by atoms with Gasteiger partial charge in [-0.3, -0.25) is 14.2 Å². The topological polar surface area (TPSA) is 66.8 Å². The molecule has 0 saturated carbocycles. The molecule has 2 atom stereocenters. The highest BCUT2D eigenvalue weighted by atomic mass is 35.6. The standard InChI is InChI=1S/C15H15Cl4NO5S/c1-23-8-9(6-16)24-13(15(17,18)19)25-12(21)7-20-10-4-2-3-5-11(10)26-14(20)22/h2-5,9,13H,6-8H2,1H3/t9-,13-/m1/s1. The molecule has 0 fully saturated rings. The van der Waals surface area contributed by atoms with E-state index in [2.05, 4.69) is 0 Å². The lowest BCUT2D eigenvalue weighted by Gasteiger charge is -2.27. The van der Waals surface area contributed by atoms with Crippen LogP contribution in [0.3, 0.4) is 0 Å². The van der Waals surface area contributed by atoms with Crippen LogP contribution in [0.5, 0.6) is 0 Å². The molecule has 2 aromatic rings. The number of hydrogen-bond donors (Lipinski definition) is 0. The number of methoxy groups -OCH3 is 1. The molecule has 0 unspecified atom stereocenters. The molecule has 0 saturated heterocycles. The lowest BCUT2D eigenvalue weighted by molar-refractivity contribution is -0.191. The molecule has 26 heavy (non-hydrogen) atoms. The minimum absolute atomic E-state index is 0.0390. The first-order valence-electron chi connectivity index (χ1n) is 7.31. The van der Waals surface area contributed by atoms with Crippen molar-refractivity contribution in [1.29, 1.82) is 0 Å². The van der Waals surface area contributed by atoms with Crippen LogP contribution >= 0.6 is 57.7 Å². The Morgan fingerprint density at radius 1 is 1.31 bits per heavy atom. The zero-order valence-corrected chi connectivity index (χ0v) is 17.3. The summed E-state index contributed by atoms with van der Waals surface area (Å²) in [7, 11) is 1.45. The van der Waals surface area contributed by atoms with E-state index >= 15 is 0 Å². The highest BCUT2D eigenvalue weighted by Gasteiger charge is 2.39. The first-order valence-corrected chi connectivity index (χ1v) is 9.79. The number of hydrogen-bond acceptors (Lipinski definition) is 6. The number of aromatic nitrogens is 1. The first kappa shape index (κ1) is 21.8. The van der Waals surface area contributed by atoms with Gasteiger partial charge < -0.3 is 14.2 Å². The van der Waals surface area contributed by atoms with Crippen LogP contribution in [-0.2, 0) is 25.5 Å². The summed E-state index contributed by atoms with van der Waals surface area (Å²) in [5, 5.41) is 0. The second-order valence-electron chi connectivity index (χ2n) is 5.15. The third-order valence-electron chi connectivity index (χ3n) is 3.21. The largest absolute Gasteiger partial charge is 0.430 e. The fourth-order valence-electron chi connectivity index (χ4n) is 2.10. The number of para-hydroxylation sites is 1. The Bertz CT molecular complexity index is 803. The van der Waals surface area contributed by atoms with Gasteiger partial charge in [-0.25, -0.2) is 0 Å². The minimum atomic E-state index is -2.05. The smallest absolute Gasteiger partial charge is 0.328 e. The van der Waals surface area contributed by atoms with Crippen LogP contribution in [0.2, 0.25) is 0 Å². The molecule has 0 aliphatic heterocycles. The Morgan fingerprint density at radius 3 is 2.62 bits per heavy atom. The van der Waals surface area contributed by atoms with E-state index in [4.69, 9.17) is 60.6 Å². The van der Waals surface area contributed by atoms with Crippen LogP contribution < -0.4 is 4.87 Å². The molecule has 0 aliphatic carbocycles. The van der Waals surface area contributed by atoms with Crippen molar-refractivity contribution in [3.05, 3.63) is 33.9 Å². The fourth-order valence-corrected chi connectivity index (χ4v) is 3.44. The number of alkyl halides is 4. The van der Waals surface area contributed by atoms with Gasteiger partial charge in [0.25, 0.3) is 10.1 Å². The van der Waals surface area contributed by atoms with Crippen LogP contribution in [0.25, 0.3) is 10.2 Å². The van der Waals surface area contributed by atoms with E-state index in [0.717, 1.165) is 16.0 Å². The minimum Gasteiger partial charge on any atom is -0.430 e. The summed E-state index contributed by atoms with van der Waals surface area (Å²) in [6.07, 6.45) is -2.17. The summed E-state index contributed by atoms with van der Waals surface area (Å²) < 4.78 is 15.5. The zero-order chi connectivity index (χ0) is 19.3. The molecule has 0 aliphatic rings. The summed E-state index contributed by atoms with van der Waals surface area (Å²) in [4.78, 5) is 24.1. The Hall–Kier alpha value is -0.540. The van der Waals surface area contributed by atoms with Crippen LogP contribution in [0.15, 0.2) is 29.1 Å². The highest BCUT2D eigenvalue weighted by Crippen LogP contribution is 2.34. The van der Waals surface area contributed by atoms with E-state index in [9.17, 15) is 9.59 Å². The molecule has 0 bridgehead atoms. The number of nitrogens with zero attached hydrogens (tertiary/aromatic N) is 1. The highest BCUT2D eigenvalue weighted by molar-refractivity contribution is 7.16. The second-order valence-corrected chi connectivity index (χ2v) is 8.82. The summed E-state index contributed by atoms with van der Waals surface area (Å²) >= 11 is 24.3. The molecule has 0 amide bonds. The molecular formula is C15H15Cl4NO5S. The van der Waals surface area contributed by atoms with Gasteiger partial charge in [-0.05, 0) is 12.1 Å². The van der Waals surface area contributed by atoms with E-state index in [0.29, 0.717) is 5.52 Å². The van der Waals surface area contributed by atoms with E-state index < -0.39 is 22.2 Å². The predicted octanol–water partition coefficient (Wildman–Crippen LogP) is 3.57. The SMILES string of the molecule is COC[C@@H](CCl)O[C@H](OC(=O)Cn1c(=O)sc2ccccc21)C(Cl)(Cl)Cl. The average Bonchev–Trinajstić information content (AvgIpc) is 2.88. The van der Waals surface area contributed by atoms with Gasteiger partial charge in [-0.2, -0.15) is 0 Å². The molecule has 1 aromatic heterocycles. The van der Waals surface area contributed by atoms with Gasteiger partial charge >= 0.3 is 10.8 Å². The van der Waals surface area contributed by atoms with E-state index in [-0.39, 0.29) is 23.9 Å². The monoisotopic (exact) mass is 461 g/mol. The number of thiazole rings is 1. The van der Waals surface area contributed by atoms with Gasteiger partial charge in [0, 0.05) is 7.11 Å². The number of halogens is 4. The molecule has 1 heterocycles. The van der Waals surface area contributed by atoms with Crippen LogP contribution in [0, 0.1) is 0 Å². The summed E-state index contributed by atoms with van der Waals surface area (Å²) in [5.41, 5.74) is 0.615. The van der Waals surface area contributed by atoms with Gasteiger partial charge in [0.1, 0.15) is 6.54 Å². The molecule has 0 N–H and O–H groups in total. The fraction of sp³-hybridized carbons (Fsp3) is 0.467. The number of rotatable bonds is 8. The maximum Gasteiger partial charge on any atom is 0.328 e. The number of esters is 1. The number of benzene rings is 1. The molecule has 0 radical (unpaired) electrons. The quantitative estimate of drug-likeness (QED) is 0.340. The molecule has 1 aromatic carbocycles. The van der Waals surface area contributed by atoms with Crippen molar-refractivity contribution in [3.8, 4) is 0 Å². The second kappa shape index (κ2) is 9.59. The van der Waals surface area contributed by atoms with E-state index in [1.54, 1.807) is 24.3 Å². The van der Waals surface area contributed by atoms with Gasteiger partial charge in [-0.1, -0.05) is 58.3 Å². The summed E-state index contributed by atoms with van der Waals surface area (Å²) in [5.74, 6) is -0.755. The summed E-state index contributed by atoms with van der Waals surface area (Å²) in [6, 6.07) is 7.08. The van der Waals surface area contributed by atoms with Crippen molar-refractivity contribution < 1.29 is 19.0 Å². The number of fused-ring (bicyclic) bond motifs is 1.